The maximum absolute atomic E-state index is 6.14. The van der Waals surface area contributed by atoms with Gasteiger partial charge in [0.15, 0.2) is 17.5 Å². The second-order valence-corrected chi connectivity index (χ2v) is 7.36. The molecule has 0 aliphatic heterocycles. The highest BCUT2D eigenvalue weighted by atomic mass is 16.5. The topological polar surface area (TPSA) is 73.3 Å². The van der Waals surface area contributed by atoms with Gasteiger partial charge in [-0.25, -0.2) is 4.99 Å². The third-order valence-corrected chi connectivity index (χ3v) is 5.25. The van der Waals surface area contributed by atoms with Crippen LogP contribution in [0.3, 0.4) is 0 Å². The lowest BCUT2D eigenvalue weighted by Gasteiger charge is -2.27. The van der Waals surface area contributed by atoms with Gasteiger partial charge in [0.05, 0.1) is 34.0 Å². The molecule has 0 radical (unpaired) electrons. The fourth-order valence-electron chi connectivity index (χ4n) is 3.35. The lowest BCUT2D eigenvalue weighted by atomic mass is 9.96. The molecule has 0 heterocycles. The first-order valence-electron chi connectivity index (χ1n) is 10.7. The Balaban J connectivity index is 1.70. The van der Waals surface area contributed by atoms with E-state index in [0.717, 1.165) is 42.2 Å². The molecule has 0 bridgehead atoms. The summed E-state index contributed by atoms with van der Waals surface area (Å²) in [6.07, 6.45) is 3.88. The average Bonchev–Trinajstić information content (AvgIpc) is 2.77. The van der Waals surface area contributed by atoms with E-state index in [-0.39, 0.29) is 0 Å². The van der Waals surface area contributed by atoms with E-state index in [0.29, 0.717) is 36.4 Å². The number of nitrogens with one attached hydrogen (secondary N) is 2. The van der Waals surface area contributed by atoms with E-state index < -0.39 is 0 Å². The van der Waals surface area contributed by atoms with E-state index in [1.165, 1.54) is 6.42 Å². The number of methoxy groups -OCH3 is 3. The summed E-state index contributed by atoms with van der Waals surface area (Å²) in [6.45, 7) is 3.90. The summed E-state index contributed by atoms with van der Waals surface area (Å²) in [5.41, 5.74) is 2.08. The molecule has 31 heavy (non-hydrogen) atoms. The van der Waals surface area contributed by atoms with Crippen LogP contribution in [0.2, 0.25) is 0 Å². The van der Waals surface area contributed by atoms with E-state index in [1.54, 1.807) is 21.3 Å². The second-order valence-electron chi connectivity index (χ2n) is 7.36. The predicted octanol–water partition coefficient (Wildman–Crippen LogP) is 3.90. The van der Waals surface area contributed by atoms with Gasteiger partial charge in [0, 0.05) is 18.7 Å². The van der Waals surface area contributed by atoms with Gasteiger partial charge in [0.25, 0.3) is 0 Å². The summed E-state index contributed by atoms with van der Waals surface area (Å²) in [4.78, 5) is 4.72. The number of guanidine groups is 1. The zero-order chi connectivity index (χ0) is 22.1. The van der Waals surface area contributed by atoms with Gasteiger partial charge in [-0.15, -0.1) is 0 Å². The number of hydrogen-bond acceptors (Lipinski definition) is 5. The minimum atomic E-state index is 0.350. The largest absolute Gasteiger partial charge is 0.493 e. The third-order valence-electron chi connectivity index (χ3n) is 5.25. The van der Waals surface area contributed by atoms with E-state index in [4.69, 9.17) is 23.9 Å². The maximum Gasteiger partial charge on any atom is 0.203 e. The standard InChI is InChI=1S/C24H33N3O4/c1-5-25-24(26-15-17-13-21(28-2)23(30-4)22(14-17)29-3)27-16-18-9-6-7-12-20(18)31-19-10-8-11-19/h6-7,9,12-14,19H,5,8,10-11,15-16H2,1-4H3,(H2,25,26,27). The fraction of sp³-hybridized carbons (Fsp3) is 0.458. The molecule has 3 rings (SSSR count). The van der Waals surface area contributed by atoms with Crippen LogP contribution in [-0.2, 0) is 13.1 Å². The second kappa shape index (κ2) is 11.3. The lowest BCUT2D eigenvalue weighted by molar-refractivity contribution is 0.119. The van der Waals surface area contributed by atoms with Crippen LogP contribution < -0.4 is 29.6 Å². The summed E-state index contributed by atoms with van der Waals surface area (Å²) in [7, 11) is 4.82. The van der Waals surface area contributed by atoms with Crippen LogP contribution in [0.5, 0.6) is 23.0 Å². The van der Waals surface area contributed by atoms with Crippen LogP contribution in [-0.4, -0.2) is 39.9 Å². The van der Waals surface area contributed by atoms with Gasteiger partial charge in [-0.1, -0.05) is 18.2 Å². The zero-order valence-corrected chi connectivity index (χ0v) is 18.9. The summed E-state index contributed by atoms with van der Waals surface area (Å²) in [5.74, 6) is 3.49. The molecule has 7 nitrogen and oxygen atoms in total. The number of rotatable bonds is 10. The van der Waals surface area contributed by atoms with Crippen LogP contribution in [0.15, 0.2) is 41.4 Å². The smallest absolute Gasteiger partial charge is 0.203 e. The van der Waals surface area contributed by atoms with E-state index in [2.05, 4.69) is 16.7 Å². The minimum absolute atomic E-state index is 0.350. The molecule has 0 aromatic heterocycles. The van der Waals surface area contributed by atoms with Gasteiger partial charge >= 0.3 is 0 Å². The van der Waals surface area contributed by atoms with Crippen LogP contribution in [0.4, 0.5) is 0 Å². The van der Waals surface area contributed by atoms with Crippen molar-refractivity contribution in [3.8, 4) is 23.0 Å². The van der Waals surface area contributed by atoms with E-state index in [1.807, 2.05) is 37.3 Å². The molecule has 2 N–H and O–H groups in total. The Hall–Kier alpha value is -3.09. The van der Waals surface area contributed by atoms with Crippen molar-refractivity contribution >= 4 is 5.96 Å². The minimum Gasteiger partial charge on any atom is -0.493 e. The van der Waals surface area contributed by atoms with Crippen molar-refractivity contribution in [2.24, 2.45) is 4.99 Å². The highest BCUT2D eigenvalue weighted by molar-refractivity contribution is 5.79. The Labute approximate surface area is 184 Å². The van der Waals surface area contributed by atoms with Crippen LogP contribution in [0.1, 0.15) is 37.3 Å². The van der Waals surface area contributed by atoms with E-state index in [9.17, 15) is 0 Å². The molecule has 1 fully saturated rings. The van der Waals surface area contributed by atoms with Crippen molar-refractivity contribution in [3.63, 3.8) is 0 Å². The Morgan fingerprint density at radius 3 is 2.26 bits per heavy atom. The molecule has 2 aromatic carbocycles. The Morgan fingerprint density at radius 2 is 1.68 bits per heavy atom. The molecular formula is C24H33N3O4. The van der Waals surface area contributed by atoms with E-state index >= 15 is 0 Å². The molecule has 0 unspecified atom stereocenters. The van der Waals surface area contributed by atoms with Crippen LogP contribution >= 0.6 is 0 Å². The van der Waals surface area contributed by atoms with Crippen molar-refractivity contribution in [3.05, 3.63) is 47.5 Å². The van der Waals surface area contributed by atoms with Crippen molar-refractivity contribution in [2.75, 3.05) is 27.9 Å². The fourth-order valence-corrected chi connectivity index (χ4v) is 3.35. The lowest BCUT2D eigenvalue weighted by Crippen LogP contribution is -2.37. The average molecular weight is 428 g/mol. The molecule has 7 heteroatoms. The molecule has 0 saturated heterocycles. The number of aliphatic imine (C=N–C) groups is 1. The number of para-hydroxylation sites is 1. The molecule has 2 aromatic rings. The summed E-state index contributed by atoms with van der Waals surface area (Å²) in [6, 6.07) is 12.0. The quantitative estimate of drug-likeness (QED) is 0.443. The van der Waals surface area contributed by atoms with Gasteiger partial charge < -0.3 is 29.6 Å². The number of hydrogen-bond donors (Lipinski definition) is 2. The van der Waals surface area contributed by atoms with Crippen LogP contribution in [0, 0.1) is 0 Å². The first-order valence-corrected chi connectivity index (χ1v) is 10.7. The van der Waals surface area contributed by atoms with Crippen molar-refractivity contribution in [1.29, 1.82) is 0 Å². The summed E-state index contributed by atoms with van der Waals surface area (Å²) in [5, 5.41) is 6.70. The van der Waals surface area contributed by atoms with Crippen molar-refractivity contribution < 1.29 is 18.9 Å². The maximum atomic E-state index is 6.14. The Bertz CT molecular complexity index is 856. The molecular weight excluding hydrogens is 394 g/mol. The van der Waals surface area contributed by atoms with Gasteiger partial charge in [0.1, 0.15) is 5.75 Å². The highest BCUT2D eigenvalue weighted by Crippen LogP contribution is 2.38. The molecule has 1 aliphatic carbocycles. The predicted molar refractivity (Wildman–Crippen MR) is 122 cm³/mol. The molecule has 1 saturated carbocycles. The number of nitrogens with zero attached hydrogens (tertiary/aromatic N) is 1. The Morgan fingerprint density at radius 1 is 0.968 bits per heavy atom. The normalized spacial score (nSPS) is 13.9. The van der Waals surface area contributed by atoms with Crippen LogP contribution in [0.25, 0.3) is 0 Å². The molecule has 0 spiro atoms. The SMILES string of the molecule is CCNC(=NCc1cc(OC)c(OC)c(OC)c1)NCc1ccccc1OC1CCC1. The van der Waals surface area contributed by atoms with Crippen molar-refractivity contribution in [1.82, 2.24) is 10.6 Å². The van der Waals surface area contributed by atoms with Gasteiger partial charge in [0.2, 0.25) is 5.75 Å². The molecule has 1 aliphatic rings. The summed E-state index contributed by atoms with van der Waals surface area (Å²) < 4.78 is 22.4. The van der Waals surface area contributed by atoms with Gasteiger partial charge in [-0.05, 0) is 49.9 Å². The van der Waals surface area contributed by atoms with Gasteiger partial charge in [-0.3, -0.25) is 0 Å². The van der Waals surface area contributed by atoms with Crippen molar-refractivity contribution in [2.45, 2.75) is 45.4 Å². The Kier molecular flexibility index (Phi) is 8.27. The molecule has 0 amide bonds. The first-order chi connectivity index (χ1) is 15.2. The first kappa shape index (κ1) is 22.6. The molecule has 168 valence electrons. The monoisotopic (exact) mass is 427 g/mol. The summed E-state index contributed by atoms with van der Waals surface area (Å²) >= 11 is 0. The number of benzene rings is 2. The zero-order valence-electron chi connectivity index (χ0n) is 18.9. The number of ether oxygens (including phenoxy) is 4. The molecule has 0 atom stereocenters. The highest BCUT2D eigenvalue weighted by Gasteiger charge is 2.20. The van der Waals surface area contributed by atoms with Gasteiger partial charge in [-0.2, -0.15) is 0 Å². The third kappa shape index (κ3) is 5.96.